The average molecular weight is 339 g/mol. The highest BCUT2D eigenvalue weighted by molar-refractivity contribution is 5.88. The van der Waals surface area contributed by atoms with E-state index in [1.807, 2.05) is 61.5 Å². The molecule has 1 N–H and O–H groups in total. The van der Waals surface area contributed by atoms with Crippen LogP contribution < -0.4 is 10.1 Å². The highest BCUT2D eigenvalue weighted by Crippen LogP contribution is 2.36. The first kappa shape index (κ1) is 17.5. The molecular weight excluding hydrogens is 314 g/mol. The minimum atomic E-state index is -0.532. The standard InChI is InChI=1S/C21H25NO3/c1-16(18-10-6-7-11-19(18)24-2)22-20(23)21(12-14-25-15-13-21)17-8-4-3-5-9-17/h3-11,16H,12-15H2,1-2H3,(H,22,23)/t16-/m0/s1. The lowest BCUT2D eigenvalue weighted by Crippen LogP contribution is -2.48. The molecule has 0 radical (unpaired) electrons. The fraction of sp³-hybridized carbons (Fsp3) is 0.381. The van der Waals surface area contributed by atoms with Gasteiger partial charge in [-0.3, -0.25) is 4.79 Å². The second kappa shape index (κ2) is 7.70. The summed E-state index contributed by atoms with van der Waals surface area (Å²) in [4.78, 5) is 13.3. The van der Waals surface area contributed by atoms with Crippen LogP contribution in [0.2, 0.25) is 0 Å². The molecule has 1 atom stereocenters. The Kier molecular flexibility index (Phi) is 5.39. The zero-order valence-corrected chi connectivity index (χ0v) is 14.8. The van der Waals surface area contributed by atoms with Gasteiger partial charge < -0.3 is 14.8 Å². The lowest BCUT2D eigenvalue weighted by Gasteiger charge is -2.37. The van der Waals surface area contributed by atoms with Crippen molar-refractivity contribution in [2.24, 2.45) is 0 Å². The largest absolute Gasteiger partial charge is 0.496 e. The summed E-state index contributed by atoms with van der Waals surface area (Å²) in [6, 6.07) is 17.7. The third kappa shape index (κ3) is 3.54. The summed E-state index contributed by atoms with van der Waals surface area (Å²) in [5, 5.41) is 3.21. The number of hydrogen-bond acceptors (Lipinski definition) is 3. The molecule has 2 aromatic rings. The SMILES string of the molecule is COc1ccccc1[C@H](C)NC(=O)C1(c2ccccc2)CCOCC1. The van der Waals surface area contributed by atoms with Gasteiger partial charge in [-0.15, -0.1) is 0 Å². The zero-order valence-electron chi connectivity index (χ0n) is 14.8. The van der Waals surface area contributed by atoms with Crippen LogP contribution in [0.4, 0.5) is 0 Å². The van der Waals surface area contributed by atoms with Gasteiger partial charge in [0.2, 0.25) is 5.91 Å². The third-order valence-corrected chi connectivity index (χ3v) is 5.06. The molecule has 0 unspecified atom stereocenters. The Labute approximate surface area is 149 Å². The van der Waals surface area contributed by atoms with E-state index in [1.54, 1.807) is 7.11 Å². The second-order valence-electron chi connectivity index (χ2n) is 6.50. The van der Waals surface area contributed by atoms with Crippen molar-refractivity contribution in [1.29, 1.82) is 0 Å². The Hall–Kier alpha value is -2.33. The van der Waals surface area contributed by atoms with Gasteiger partial charge in [0.15, 0.2) is 0 Å². The molecule has 132 valence electrons. The maximum atomic E-state index is 13.3. The van der Waals surface area contributed by atoms with Crippen LogP contribution in [0.1, 0.15) is 36.9 Å². The molecular formula is C21H25NO3. The molecule has 0 bridgehead atoms. The number of para-hydroxylation sites is 1. The number of rotatable bonds is 5. The first-order chi connectivity index (χ1) is 12.2. The third-order valence-electron chi connectivity index (χ3n) is 5.06. The van der Waals surface area contributed by atoms with E-state index in [4.69, 9.17) is 9.47 Å². The fourth-order valence-corrected chi connectivity index (χ4v) is 3.56. The molecule has 1 fully saturated rings. The van der Waals surface area contributed by atoms with Crippen LogP contribution >= 0.6 is 0 Å². The van der Waals surface area contributed by atoms with Gasteiger partial charge in [-0.05, 0) is 31.4 Å². The minimum absolute atomic E-state index is 0.0559. The number of nitrogens with one attached hydrogen (secondary N) is 1. The summed E-state index contributed by atoms with van der Waals surface area (Å²) in [5.41, 5.74) is 1.51. The van der Waals surface area contributed by atoms with Crippen LogP contribution in [0.25, 0.3) is 0 Å². The molecule has 3 rings (SSSR count). The molecule has 0 saturated carbocycles. The summed E-state index contributed by atoms with van der Waals surface area (Å²) in [6.45, 7) is 3.20. The van der Waals surface area contributed by atoms with Gasteiger partial charge in [0.25, 0.3) is 0 Å². The lowest BCUT2D eigenvalue weighted by atomic mass is 9.73. The molecule has 2 aromatic carbocycles. The molecule has 1 aliphatic rings. The van der Waals surface area contributed by atoms with Crippen molar-refractivity contribution in [3.05, 3.63) is 65.7 Å². The van der Waals surface area contributed by atoms with Crippen LogP contribution in [0.15, 0.2) is 54.6 Å². The smallest absolute Gasteiger partial charge is 0.231 e. The predicted octanol–water partition coefficient (Wildman–Crippen LogP) is 3.62. The summed E-state index contributed by atoms with van der Waals surface area (Å²) >= 11 is 0. The number of amides is 1. The van der Waals surface area contributed by atoms with Crippen molar-refractivity contribution < 1.29 is 14.3 Å². The lowest BCUT2D eigenvalue weighted by molar-refractivity contribution is -0.131. The Balaban J connectivity index is 1.86. The number of carbonyl (C=O) groups excluding carboxylic acids is 1. The van der Waals surface area contributed by atoms with Crippen LogP contribution in [-0.2, 0) is 14.9 Å². The van der Waals surface area contributed by atoms with Crippen molar-refractivity contribution in [2.45, 2.75) is 31.2 Å². The Morgan fingerprint density at radius 1 is 1.08 bits per heavy atom. The van der Waals surface area contributed by atoms with Crippen molar-refractivity contribution >= 4 is 5.91 Å². The first-order valence-electron chi connectivity index (χ1n) is 8.74. The van der Waals surface area contributed by atoms with Gasteiger partial charge in [-0.1, -0.05) is 48.5 Å². The van der Waals surface area contributed by atoms with Crippen LogP contribution in [-0.4, -0.2) is 26.2 Å². The summed E-state index contributed by atoms with van der Waals surface area (Å²) < 4.78 is 11.0. The molecule has 0 aliphatic carbocycles. The Bertz CT molecular complexity index is 708. The maximum Gasteiger partial charge on any atom is 0.231 e. The number of ether oxygens (including phenoxy) is 2. The highest BCUT2D eigenvalue weighted by atomic mass is 16.5. The molecule has 0 spiro atoms. The average Bonchev–Trinajstić information content (AvgIpc) is 2.69. The maximum absolute atomic E-state index is 13.3. The van der Waals surface area contributed by atoms with Crippen molar-refractivity contribution in [3.8, 4) is 5.75 Å². The molecule has 0 aromatic heterocycles. The van der Waals surface area contributed by atoms with Gasteiger partial charge >= 0.3 is 0 Å². The van der Waals surface area contributed by atoms with E-state index in [0.717, 1.165) is 16.9 Å². The highest BCUT2D eigenvalue weighted by Gasteiger charge is 2.42. The van der Waals surface area contributed by atoms with E-state index in [2.05, 4.69) is 5.32 Å². The molecule has 1 heterocycles. The molecule has 1 saturated heterocycles. The van der Waals surface area contributed by atoms with Crippen molar-refractivity contribution in [1.82, 2.24) is 5.32 Å². The van der Waals surface area contributed by atoms with Gasteiger partial charge in [0.1, 0.15) is 5.75 Å². The minimum Gasteiger partial charge on any atom is -0.496 e. The monoisotopic (exact) mass is 339 g/mol. The Morgan fingerprint density at radius 3 is 2.40 bits per heavy atom. The van der Waals surface area contributed by atoms with E-state index in [0.29, 0.717) is 26.1 Å². The molecule has 4 heteroatoms. The van der Waals surface area contributed by atoms with Gasteiger partial charge in [0, 0.05) is 18.8 Å². The van der Waals surface area contributed by atoms with E-state index < -0.39 is 5.41 Å². The van der Waals surface area contributed by atoms with Gasteiger partial charge in [-0.2, -0.15) is 0 Å². The van der Waals surface area contributed by atoms with Crippen LogP contribution in [0, 0.1) is 0 Å². The van der Waals surface area contributed by atoms with Gasteiger partial charge in [-0.25, -0.2) is 0 Å². The van der Waals surface area contributed by atoms with E-state index in [-0.39, 0.29) is 11.9 Å². The first-order valence-corrected chi connectivity index (χ1v) is 8.74. The number of benzene rings is 2. The number of carbonyl (C=O) groups is 1. The summed E-state index contributed by atoms with van der Waals surface area (Å²) in [5.74, 6) is 0.844. The molecule has 4 nitrogen and oxygen atoms in total. The number of hydrogen-bond donors (Lipinski definition) is 1. The van der Waals surface area contributed by atoms with Crippen LogP contribution in [0.3, 0.4) is 0 Å². The second-order valence-corrected chi connectivity index (χ2v) is 6.50. The molecule has 25 heavy (non-hydrogen) atoms. The normalized spacial score (nSPS) is 17.5. The fourth-order valence-electron chi connectivity index (χ4n) is 3.56. The van der Waals surface area contributed by atoms with E-state index >= 15 is 0 Å². The van der Waals surface area contributed by atoms with Crippen LogP contribution in [0.5, 0.6) is 5.75 Å². The summed E-state index contributed by atoms with van der Waals surface area (Å²) in [6.07, 6.45) is 1.39. The predicted molar refractivity (Wildman–Crippen MR) is 97.7 cm³/mol. The summed E-state index contributed by atoms with van der Waals surface area (Å²) in [7, 11) is 1.65. The molecule has 1 amide bonds. The quantitative estimate of drug-likeness (QED) is 0.905. The number of methoxy groups -OCH3 is 1. The van der Waals surface area contributed by atoms with Crippen molar-refractivity contribution in [2.75, 3.05) is 20.3 Å². The Morgan fingerprint density at radius 2 is 1.72 bits per heavy atom. The van der Waals surface area contributed by atoms with Gasteiger partial charge in [0.05, 0.1) is 18.6 Å². The molecule has 1 aliphatic heterocycles. The van der Waals surface area contributed by atoms with E-state index in [9.17, 15) is 4.79 Å². The van der Waals surface area contributed by atoms with Crippen molar-refractivity contribution in [3.63, 3.8) is 0 Å². The zero-order chi connectivity index (χ0) is 17.7. The van der Waals surface area contributed by atoms with E-state index in [1.165, 1.54) is 0 Å². The topological polar surface area (TPSA) is 47.6 Å².